The van der Waals surface area contributed by atoms with Crippen molar-refractivity contribution in [2.75, 3.05) is 19.8 Å². The molecule has 0 aromatic carbocycles. The molecule has 0 saturated carbocycles. The SMILES string of the molecule is CC/C=C\C/C=C\C/C=C\C/C=C\C/C=C\CCCCCCCCCCCCCCCCCCCC(=O)NC(COC1OC(CO)C(OC2OC(CO)C(O)C(O)C2O)C(O)C1O)C(O)/C=C/CCCCCCCCCCCCCC. The first-order valence-corrected chi connectivity index (χ1v) is 32.7. The molecule has 12 atom stereocenters. The van der Waals surface area contributed by atoms with Crippen LogP contribution >= 0.6 is 0 Å². The molecule has 14 heteroatoms. The van der Waals surface area contributed by atoms with Gasteiger partial charge in [0, 0.05) is 6.42 Å². The van der Waals surface area contributed by atoms with Crippen molar-refractivity contribution in [1.82, 2.24) is 5.32 Å². The summed E-state index contributed by atoms with van der Waals surface area (Å²) in [6.45, 7) is 2.69. The summed E-state index contributed by atoms with van der Waals surface area (Å²) in [4.78, 5) is 13.3. The molecule has 0 aromatic rings. The third-order valence-electron chi connectivity index (χ3n) is 15.6. The number of hydrogen-bond acceptors (Lipinski definition) is 13. The van der Waals surface area contributed by atoms with Gasteiger partial charge >= 0.3 is 0 Å². The molecule has 1 amide bonds. The summed E-state index contributed by atoms with van der Waals surface area (Å²) < 4.78 is 22.8. The highest BCUT2D eigenvalue weighted by atomic mass is 16.7. The highest BCUT2D eigenvalue weighted by molar-refractivity contribution is 5.76. The van der Waals surface area contributed by atoms with Gasteiger partial charge in [-0.15, -0.1) is 0 Å². The summed E-state index contributed by atoms with van der Waals surface area (Å²) >= 11 is 0. The van der Waals surface area contributed by atoms with E-state index < -0.39 is 86.8 Å². The Morgan fingerprint density at radius 1 is 0.457 bits per heavy atom. The zero-order valence-corrected chi connectivity index (χ0v) is 50.8. The fourth-order valence-electron chi connectivity index (χ4n) is 10.4. The first-order chi connectivity index (χ1) is 39.6. The Morgan fingerprint density at radius 3 is 1.31 bits per heavy atom. The van der Waals surface area contributed by atoms with Crippen LogP contribution in [-0.2, 0) is 23.7 Å². The quantitative estimate of drug-likeness (QED) is 0.0204. The first kappa shape index (κ1) is 74.5. The predicted molar refractivity (Wildman–Crippen MR) is 327 cm³/mol. The second kappa shape index (κ2) is 51.8. The van der Waals surface area contributed by atoms with E-state index in [0.29, 0.717) is 6.42 Å². The summed E-state index contributed by atoms with van der Waals surface area (Å²) in [6.07, 6.45) is 52.4. The molecule has 2 aliphatic rings. The zero-order valence-electron chi connectivity index (χ0n) is 50.8. The second-order valence-corrected chi connectivity index (χ2v) is 22.9. The van der Waals surface area contributed by atoms with Crippen LogP contribution in [0.3, 0.4) is 0 Å². The normalized spacial score (nSPS) is 24.6. The number of aliphatic hydroxyl groups excluding tert-OH is 8. The molecule has 2 aliphatic heterocycles. The van der Waals surface area contributed by atoms with Crippen LogP contribution in [0.2, 0.25) is 0 Å². The van der Waals surface area contributed by atoms with Gasteiger partial charge in [0.05, 0.1) is 32.0 Å². The number of ether oxygens (including phenoxy) is 4. The zero-order chi connectivity index (χ0) is 58.8. The Labute approximate surface area is 491 Å². The summed E-state index contributed by atoms with van der Waals surface area (Å²) in [6, 6.07) is -0.916. The number of amides is 1. The van der Waals surface area contributed by atoms with E-state index in [1.54, 1.807) is 6.08 Å². The van der Waals surface area contributed by atoms with Crippen LogP contribution in [0, 0.1) is 0 Å². The van der Waals surface area contributed by atoms with Gasteiger partial charge < -0.3 is 65.1 Å². The van der Waals surface area contributed by atoms with Crippen molar-refractivity contribution in [3.63, 3.8) is 0 Å². The van der Waals surface area contributed by atoms with Crippen molar-refractivity contribution >= 4 is 5.91 Å². The third kappa shape index (κ3) is 36.8. The van der Waals surface area contributed by atoms with E-state index in [-0.39, 0.29) is 18.9 Å². The standard InChI is InChI=1S/C67H119NO13/c1-3-5-7-9-11-13-15-17-19-20-21-22-23-24-25-26-27-28-29-30-31-32-33-34-35-36-37-39-41-43-45-47-49-51-59(72)68-55(56(71)50-48-46-44-42-40-38-18-16-14-12-10-8-6-4-2)54-78-66-64(77)62(75)65(58(53-70)80-66)81-67-63(76)61(74)60(73)57(52-69)79-67/h5,7,11,13,17,19,21-22,24-25,48,50,55-58,60-67,69-71,73-77H,3-4,6,8-10,12,14-16,18,20,23,26-47,49,51-54H2,1-2H3,(H,68,72)/b7-5-,13-11-,19-17-,22-21-,25-24-,50-48+. The average Bonchev–Trinajstić information content (AvgIpc) is 3.47. The first-order valence-electron chi connectivity index (χ1n) is 32.7. The smallest absolute Gasteiger partial charge is 0.220 e. The van der Waals surface area contributed by atoms with Crippen molar-refractivity contribution in [2.24, 2.45) is 0 Å². The molecule has 2 saturated heterocycles. The van der Waals surface area contributed by atoms with E-state index in [2.05, 4.69) is 79.9 Å². The van der Waals surface area contributed by atoms with Gasteiger partial charge in [0.2, 0.25) is 5.91 Å². The molecule has 81 heavy (non-hydrogen) atoms. The van der Waals surface area contributed by atoms with Crippen LogP contribution in [0.4, 0.5) is 0 Å². The second-order valence-electron chi connectivity index (χ2n) is 22.9. The van der Waals surface area contributed by atoms with Gasteiger partial charge in [0.1, 0.15) is 48.8 Å². The van der Waals surface area contributed by atoms with Crippen molar-refractivity contribution in [3.05, 3.63) is 72.9 Å². The molecule has 2 rings (SSSR count). The van der Waals surface area contributed by atoms with Crippen LogP contribution in [0.25, 0.3) is 0 Å². The van der Waals surface area contributed by atoms with Gasteiger partial charge in [0.25, 0.3) is 0 Å². The molecule has 470 valence electrons. The lowest BCUT2D eigenvalue weighted by Gasteiger charge is -2.46. The topological polar surface area (TPSA) is 228 Å². The minimum Gasteiger partial charge on any atom is -0.394 e. The molecule has 9 N–H and O–H groups in total. The number of carbonyl (C=O) groups is 1. The number of unbranched alkanes of at least 4 members (excludes halogenated alkanes) is 29. The molecule has 0 aliphatic carbocycles. The van der Waals surface area contributed by atoms with Gasteiger partial charge in [-0.2, -0.15) is 0 Å². The molecular formula is C67H119NO13. The highest BCUT2D eigenvalue weighted by Crippen LogP contribution is 2.30. The van der Waals surface area contributed by atoms with Crippen LogP contribution in [-0.4, -0.2) is 140 Å². The fourth-order valence-corrected chi connectivity index (χ4v) is 10.4. The van der Waals surface area contributed by atoms with E-state index >= 15 is 0 Å². The molecule has 0 aromatic heterocycles. The van der Waals surface area contributed by atoms with Crippen LogP contribution in [0.5, 0.6) is 0 Å². The van der Waals surface area contributed by atoms with Crippen LogP contribution in [0.1, 0.15) is 251 Å². The number of carbonyl (C=O) groups excluding carboxylic acids is 1. The van der Waals surface area contributed by atoms with E-state index in [4.69, 9.17) is 18.9 Å². The Morgan fingerprint density at radius 2 is 0.852 bits per heavy atom. The van der Waals surface area contributed by atoms with Gasteiger partial charge in [-0.05, 0) is 64.2 Å². The lowest BCUT2D eigenvalue weighted by Crippen LogP contribution is -2.65. The lowest BCUT2D eigenvalue weighted by molar-refractivity contribution is -0.359. The van der Waals surface area contributed by atoms with Gasteiger partial charge in [0.15, 0.2) is 12.6 Å². The van der Waals surface area contributed by atoms with Crippen molar-refractivity contribution in [1.29, 1.82) is 0 Å². The van der Waals surface area contributed by atoms with Gasteiger partial charge in [-0.1, -0.05) is 254 Å². The summed E-state index contributed by atoms with van der Waals surface area (Å²) in [5.41, 5.74) is 0. The minimum atomic E-state index is -1.79. The summed E-state index contributed by atoms with van der Waals surface area (Å²) in [5.74, 6) is -0.239. The molecule has 2 fully saturated rings. The highest BCUT2D eigenvalue weighted by Gasteiger charge is 2.51. The van der Waals surface area contributed by atoms with Crippen molar-refractivity contribution < 1.29 is 64.6 Å². The minimum absolute atomic E-state index is 0.239. The maximum absolute atomic E-state index is 13.3. The van der Waals surface area contributed by atoms with E-state index in [1.165, 1.54) is 154 Å². The Hall–Kier alpha value is -2.57. The number of allylic oxidation sites excluding steroid dienone is 11. The predicted octanol–water partition coefficient (Wildman–Crippen LogP) is 12.3. The van der Waals surface area contributed by atoms with Crippen LogP contribution < -0.4 is 5.32 Å². The molecule has 0 radical (unpaired) electrons. The Bertz CT molecular complexity index is 1630. The maximum Gasteiger partial charge on any atom is 0.220 e. The number of aliphatic hydroxyl groups is 8. The average molecular weight is 1150 g/mol. The Kier molecular flexibility index (Phi) is 47.7. The summed E-state index contributed by atoms with van der Waals surface area (Å²) in [7, 11) is 0. The molecular weight excluding hydrogens is 1030 g/mol. The molecule has 0 spiro atoms. The Balaban J connectivity index is 1.64. The van der Waals surface area contributed by atoms with Crippen molar-refractivity contribution in [3.8, 4) is 0 Å². The van der Waals surface area contributed by atoms with E-state index in [1.807, 2.05) is 6.08 Å². The van der Waals surface area contributed by atoms with Crippen molar-refractivity contribution in [2.45, 2.75) is 325 Å². The monoisotopic (exact) mass is 1150 g/mol. The molecule has 0 bridgehead atoms. The molecule has 2 heterocycles. The number of rotatable bonds is 52. The molecule has 12 unspecified atom stereocenters. The fraction of sp³-hybridized carbons (Fsp3) is 0.806. The number of nitrogens with one attached hydrogen (secondary N) is 1. The van der Waals surface area contributed by atoms with E-state index in [0.717, 1.165) is 70.6 Å². The lowest BCUT2D eigenvalue weighted by atomic mass is 9.97. The summed E-state index contributed by atoms with van der Waals surface area (Å²) in [5, 5.41) is 87.2. The van der Waals surface area contributed by atoms with Gasteiger partial charge in [-0.3, -0.25) is 4.79 Å². The largest absolute Gasteiger partial charge is 0.394 e. The van der Waals surface area contributed by atoms with Crippen LogP contribution in [0.15, 0.2) is 72.9 Å². The van der Waals surface area contributed by atoms with Gasteiger partial charge in [-0.25, -0.2) is 0 Å². The molecule has 14 nitrogen and oxygen atoms in total. The van der Waals surface area contributed by atoms with E-state index in [9.17, 15) is 45.6 Å². The third-order valence-corrected chi connectivity index (χ3v) is 15.6. The number of hydrogen-bond donors (Lipinski definition) is 9. The maximum atomic E-state index is 13.3.